The molecule has 0 amide bonds. The Morgan fingerprint density at radius 3 is 2.50 bits per heavy atom. The highest BCUT2D eigenvalue weighted by molar-refractivity contribution is 9.11. The highest BCUT2D eigenvalue weighted by atomic mass is 79.9. The maximum absolute atomic E-state index is 11.0. The molecule has 4 heteroatoms. The van der Waals surface area contributed by atoms with Gasteiger partial charge < -0.3 is 4.74 Å². The van der Waals surface area contributed by atoms with Crippen LogP contribution in [0.15, 0.2) is 40.2 Å². The summed E-state index contributed by atoms with van der Waals surface area (Å²) in [5.74, 6) is 0.999. The van der Waals surface area contributed by atoms with Crippen molar-refractivity contribution in [2.24, 2.45) is 0 Å². The van der Waals surface area contributed by atoms with Crippen molar-refractivity contribution in [1.82, 2.24) is 0 Å². The summed E-state index contributed by atoms with van der Waals surface area (Å²) in [7, 11) is 0. The van der Waals surface area contributed by atoms with E-state index in [1.807, 2.05) is 36.4 Å². The van der Waals surface area contributed by atoms with Crippen molar-refractivity contribution < 1.29 is 9.53 Å². The van der Waals surface area contributed by atoms with E-state index < -0.39 is 0 Å². The molecule has 1 aromatic carbocycles. The van der Waals surface area contributed by atoms with Crippen LogP contribution in [0.4, 0.5) is 0 Å². The van der Waals surface area contributed by atoms with Gasteiger partial charge in [-0.1, -0.05) is 12.1 Å². The van der Waals surface area contributed by atoms with Crippen molar-refractivity contribution in [3.63, 3.8) is 0 Å². The minimum absolute atomic E-state index is 0.173. The van der Waals surface area contributed by atoms with Crippen LogP contribution in [0.5, 0.6) is 5.75 Å². The summed E-state index contributed by atoms with van der Waals surface area (Å²) in [4.78, 5) is 12.2. The molecule has 18 heavy (non-hydrogen) atoms. The third-order valence-electron chi connectivity index (χ3n) is 2.39. The van der Waals surface area contributed by atoms with Crippen LogP contribution in [0.25, 0.3) is 0 Å². The van der Waals surface area contributed by atoms with Gasteiger partial charge in [0, 0.05) is 11.3 Å². The van der Waals surface area contributed by atoms with Gasteiger partial charge in [0.15, 0.2) is 0 Å². The standard InChI is InChI=1S/C14H13BrO2S/c1-10(16)8-11-2-4-12(5-3-11)17-9-13-6-7-14(15)18-13/h2-7H,8-9H2,1H3. The molecule has 0 fully saturated rings. The van der Waals surface area contributed by atoms with E-state index in [1.54, 1.807) is 18.3 Å². The van der Waals surface area contributed by atoms with Crippen LogP contribution in [-0.4, -0.2) is 5.78 Å². The zero-order valence-electron chi connectivity index (χ0n) is 9.98. The van der Waals surface area contributed by atoms with E-state index in [1.165, 1.54) is 4.88 Å². The molecule has 2 rings (SSSR count). The molecule has 1 heterocycles. The fourth-order valence-corrected chi connectivity index (χ4v) is 2.97. The van der Waals surface area contributed by atoms with Crippen LogP contribution in [0, 0.1) is 0 Å². The zero-order chi connectivity index (χ0) is 13.0. The smallest absolute Gasteiger partial charge is 0.134 e. The van der Waals surface area contributed by atoms with Gasteiger partial charge in [-0.3, -0.25) is 4.79 Å². The number of hydrogen-bond donors (Lipinski definition) is 0. The molecular weight excluding hydrogens is 312 g/mol. The Bertz CT molecular complexity index is 531. The number of thiophene rings is 1. The number of ether oxygens (including phenoxy) is 1. The van der Waals surface area contributed by atoms with Crippen LogP contribution in [0.1, 0.15) is 17.4 Å². The van der Waals surface area contributed by atoms with Gasteiger partial charge in [-0.2, -0.15) is 0 Å². The topological polar surface area (TPSA) is 26.3 Å². The molecule has 0 aliphatic carbocycles. The van der Waals surface area contributed by atoms with Crippen molar-refractivity contribution in [1.29, 1.82) is 0 Å². The molecule has 0 N–H and O–H groups in total. The van der Waals surface area contributed by atoms with Crippen LogP contribution in [-0.2, 0) is 17.8 Å². The summed E-state index contributed by atoms with van der Waals surface area (Å²) >= 11 is 5.09. The summed E-state index contributed by atoms with van der Waals surface area (Å²) in [6, 6.07) is 11.7. The van der Waals surface area contributed by atoms with Crippen LogP contribution in [0.2, 0.25) is 0 Å². The zero-order valence-corrected chi connectivity index (χ0v) is 12.4. The molecule has 94 valence electrons. The molecule has 0 saturated heterocycles. The number of ketones is 1. The Morgan fingerprint density at radius 1 is 1.22 bits per heavy atom. The first kappa shape index (κ1) is 13.3. The van der Waals surface area contributed by atoms with Crippen molar-refractivity contribution in [3.05, 3.63) is 50.6 Å². The molecule has 0 spiro atoms. The van der Waals surface area contributed by atoms with Crippen molar-refractivity contribution in [3.8, 4) is 5.75 Å². The molecule has 1 aromatic heterocycles. The largest absolute Gasteiger partial charge is 0.488 e. The Kier molecular flexibility index (Phi) is 4.55. The SMILES string of the molecule is CC(=O)Cc1ccc(OCc2ccc(Br)s2)cc1. The van der Waals surface area contributed by atoms with Gasteiger partial charge in [-0.25, -0.2) is 0 Å². The van der Waals surface area contributed by atoms with Gasteiger partial charge in [-0.05, 0) is 52.7 Å². The number of Topliss-reactive ketones (excluding diaryl/α,β-unsaturated/α-hetero) is 1. The van der Waals surface area contributed by atoms with E-state index in [9.17, 15) is 4.79 Å². The van der Waals surface area contributed by atoms with E-state index in [0.29, 0.717) is 13.0 Å². The van der Waals surface area contributed by atoms with E-state index >= 15 is 0 Å². The first-order valence-corrected chi connectivity index (χ1v) is 7.20. The van der Waals surface area contributed by atoms with Gasteiger partial charge in [0.25, 0.3) is 0 Å². The van der Waals surface area contributed by atoms with Crippen LogP contribution in [0.3, 0.4) is 0 Å². The lowest BCUT2D eigenvalue weighted by atomic mass is 10.1. The number of benzene rings is 1. The fraction of sp³-hybridized carbons (Fsp3) is 0.214. The first-order chi connectivity index (χ1) is 8.63. The van der Waals surface area contributed by atoms with Crippen molar-refractivity contribution >= 4 is 33.0 Å². The molecule has 0 saturated carbocycles. The average Bonchev–Trinajstić information content (AvgIpc) is 2.74. The van der Waals surface area contributed by atoms with E-state index in [4.69, 9.17) is 4.74 Å². The molecule has 0 aliphatic heterocycles. The number of hydrogen-bond acceptors (Lipinski definition) is 3. The first-order valence-electron chi connectivity index (χ1n) is 5.59. The molecule has 0 atom stereocenters. The minimum Gasteiger partial charge on any atom is -0.488 e. The second kappa shape index (κ2) is 6.16. The predicted molar refractivity (Wildman–Crippen MR) is 77.2 cm³/mol. The minimum atomic E-state index is 0.173. The van der Waals surface area contributed by atoms with Crippen LogP contribution >= 0.6 is 27.3 Å². The molecule has 0 bridgehead atoms. The van der Waals surface area contributed by atoms with Gasteiger partial charge in [0.2, 0.25) is 0 Å². The predicted octanol–water partition coefficient (Wildman–Crippen LogP) is 4.22. The number of rotatable bonds is 5. The lowest BCUT2D eigenvalue weighted by molar-refractivity contribution is -0.116. The van der Waals surface area contributed by atoms with Gasteiger partial charge in [0.05, 0.1) is 3.79 Å². The fourth-order valence-electron chi connectivity index (χ4n) is 1.57. The molecule has 2 aromatic rings. The lowest BCUT2D eigenvalue weighted by Gasteiger charge is -2.05. The van der Waals surface area contributed by atoms with Gasteiger partial charge in [0.1, 0.15) is 18.1 Å². The summed E-state index contributed by atoms with van der Waals surface area (Å²) in [6.45, 7) is 2.17. The average molecular weight is 325 g/mol. The second-order valence-corrected chi connectivity index (χ2v) is 6.56. The van der Waals surface area contributed by atoms with E-state index in [0.717, 1.165) is 15.1 Å². The van der Waals surface area contributed by atoms with Crippen molar-refractivity contribution in [2.75, 3.05) is 0 Å². The molecule has 2 nitrogen and oxygen atoms in total. The molecule has 0 radical (unpaired) electrons. The summed E-state index contributed by atoms with van der Waals surface area (Å²) < 4.78 is 6.78. The van der Waals surface area contributed by atoms with Gasteiger partial charge in [-0.15, -0.1) is 11.3 Å². The Labute approximate surface area is 119 Å². The second-order valence-electron chi connectivity index (χ2n) is 4.02. The Balaban J connectivity index is 1.92. The maximum atomic E-state index is 11.0. The number of halogens is 1. The Hall–Kier alpha value is -1.13. The van der Waals surface area contributed by atoms with E-state index in [-0.39, 0.29) is 5.78 Å². The normalized spacial score (nSPS) is 10.3. The van der Waals surface area contributed by atoms with E-state index in [2.05, 4.69) is 15.9 Å². The summed E-state index contributed by atoms with van der Waals surface area (Å²) in [6.07, 6.45) is 0.484. The highest BCUT2D eigenvalue weighted by Gasteiger charge is 2.01. The summed E-state index contributed by atoms with van der Waals surface area (Å²) in [5.41, 5.74) is 1.02. The van der Waals surface area contributed by atoms with Crippen LogP contribution < -0.4 is 4.74 Å². The third kappa shape index (κ3) is 3.96. The molecular formula is C14H13BrO2S. The number of carbonyl (C=O) groups excluding carboxylic acids is 1. The number of carbonyl (C=O) groups is 1. The Morgan fingerprint density at radius 2 is 1.94 bits per heavy atom. The highest BCUT2D eigenvalue weighted by Crippen LogP contribution is 2.23. The lowest BCUT2D eigenvalue weighted by Crippen LogP contribution is -1.97. The quantitative estimate of drug-likeness (QED) is 0.823. The maximum Gasteiger partial charge on any atom is 0.134 e. The monoisotopic (exact) mass is 324 g/mol. The summed E-state index contributed by atoms with van der Waals surface area (Å²) in [5, 5.41) is 0. The van der Waals surface area contributed by atoms with Gasteiger partial charge >= 0.3 is 0 Å². The molecule has 0 aliphatic rings. The third-order valence-corrected chi connectivity index (χ3v) is 3.98. The molecule has 0 unspecified atom stereocenters. The van der Waals surface area contributed by atoms with Crippen molar-refractivity contribution in [2.45, 2.75) is 20.0 Å².